The molecule has 0 heteroatoms. The van der Waals surface area contributed by atoms with E-state index in [2.05, 4.69) is 43.8 Å². The van der Waals surface area contributed by atoms with Gasteiger partial charge in [0.25, 0.3) is 0 Å². The summed E-state index contributed by atoms with van der Waals surface area (Å²) in [4.78, 5) is 0. The van der Waals surface area contributed by atoms with Crippen LogP contribution < -0.4 is 0 Å². The first-order valence-electron chi connectivity index (χ1n) is 4.80. The van der Waals surface area contributed by atoms with Crippen LogP contribution in [0.4, 0.5) is 0 Å². The van der Waals surface area contributed by atoms with Gasteiger partial charge >= 0.3 is 0 Å². The van der Waals surface area contributed by atoms with Crippen LogP contribution >= 0.6 is 0 Å². The lowest BCUT2D eigenvalue weighted by atomic mass is 10.0. The third-order valence-corrected chi connectivity index (χ3v) is 2.04. The first kappa shape index (κ1) is 10.5. The minimum Gasteiger partial charge on any atom is -0.0984 e. The molecule has 0 unspecified atom stereocenters. The summed E-state index contributed by atoms with van der Waals surface area (Å²) < 4.78 is 0. The lowest BCUT2D eigenvalue weighted by Gasteiger charge is -2.02. The zero-order chi connectivity index (χ0) is 10.4. The van der Waals surface area contributed by atoms with Crippen LogP contribution in [0.15, 0.2) is 55.1 Å². The van der Waals surface area contributed by atoms with Gasteiger partial charge in [0.1, 0.15) is 0 Å². The van der Waals surface area contributed by atoms with Crippen LogP contribution in [0.3, 0.4) is 0 Å². The predicted molar refractivity (Wildman–Crippen MR) is 64.2 cm³/mol. The Morgan fingerprint density at radius 2 is 2.14 bits per heavy atom. The van der Waals surface area contributed by atoms with Crippen LogP contribution in [-0.2, 0) is 0 Å². The molecule has 0 aliphatic heterocycles. The lowest BCUT2D eigenvalue weighted by molar-refractivity contribution is 1.45. The maximum atomic E-state index is 3.82. The Morgan fingerprint density at radius 1 is 1.36 bits per heavy atom. The van der Waals surface area contributed by atoms with Gasteiger partial charge < -0.3 is 0 Å². The summed E-state index contributed by atoms with van der Waals surface area (Å²) in [6.07, 6.45) is 8.00. The summed E-state index contributed by atoms with van der Waals surface area (Å²) in [5, 5.41) is 0. The Bertz CT molecular complexity index is 367. The van der Waals surface area contributed by atoms with Crippen molar-refractivity contribution in [3.63, 3.8) is 0 Å². The van der Waals surface area contributed by atoms with E-state index in [9.17, 15) is 0 Å². The van der Waals surface area contributed by atoms with Gasteiger partial charge in [-0.15, -0.1) is 0 Å². The number of allylic oxidation sites excluding steroid dienone is 5. The zero-order valence-corrected chi connectivity index (χ0v) is 8.83. The predicted octanol–water partition coefficient (Wildman–Crippen LogP) is 4.14. The molecular formula is C14H16. The molecule has 0 aromatic heterocycles. The van der Waals surface area contributed by atoms with Gasteiger partial charge in [0.2, 0.25) is 0 Å². The van der Waals surface area contributed by atoms with E-state index < -0.39 is 0 Å². The van der Waals surface area contributed by atoms with Crippen molar-refractivity contribution in [1.29, 1.82) is 0 Å². The highest BCUT2D eigenvalue weighted by atomic mass is 14.0. The highest BCUT2D eigenvalue weighted by Gasteiger charge is 1.95. The van der Waals surface area contributed by atoms with Crippen LogP contribution in [0.2, 0.25) is 0 Å². The van der Waals surface area contributed by atoms with E-state index in [0.717, 1.165) is 5.57 Å². The van der Waals surface area contributed by atoms with Gasteiger partial charge in [-0.3, -0.25) is 0 Å². The van der Waals surface area contributed by atoms with E-state index in [1.54, 1.807) is 0 Å². The highest BCUT2D eigenvalue weighted by molar-refractivity contribution is 5.74. The molecule has 0 N–H and O–H groups in total. The van der Waals surface area contributed by atoms with Crippen molar-refractivity contribution in [2.24, 2.45) is 0 Å². The van der Waals surface area contributed by atoms with Crippen LogP contribution in [0.5, 0.6) is 0 Å². The van der Waals surface area contributed by atoms with Crippen molar-refractivity contribution in [1.82, 2.24) is 0 Å². The Hall–Kier alpha value is -1.56. The molecule has 0 aliphatic rings. The van der Waals surface area contributed by atoms with Crippen molar-refractivity contribution < 1.29 is 0 Å². The summed E-state index contributed by atoms with van der Waals surface area (Å²) in [5.74, 6) is 0. The second kappa shape index (κ2) is 5.23. The van der Waals surface area contributed by atoms with Gasteiger partial charge in [0.05, 0.1) is 0 Å². The highest BCUT2D eigenvalue weighted by Crippen LogP contribution is 2.16. The average Bonchev–Trinajstić information content (AvgIpc) is 2.19. The molecule has 1 rings (SSSR count). The second-order valence-corrected chi connectivity index (χ2v) is 3.22. The van der Waals surface area contributed by atoms with Crippen molar-refractivity contribution in [2.45, 2.75) is 13.8 Å². The van der Waals surface area contributed by atoms with E-state index >= 15 is 0 Å². The fraction of sp³-hybridized carbons (Fsp3) is 0.143. The molecular weight excluding hydrogens is 168 g/mol. The third kappa shape index (κ3) is 2.74. The quantitative estimate of drug-likeness (QED) is 0.619. The first-order chi connectivity index (χ1) is 6.77. The molecule has 0 nitrogen and oxygen atoms in total. The normalized spacial score (nSPS) is 12.0. The van der Waals surface area contributed by atoms with Crippen LogP contribution in [0, 0.1) is 6.92 Å². The molecule has 0 atom stereocenters. The fourth-order valence-electron chi connectivity index (χ4n) is 1.31. The molecule has 14 heavy (non-hydrogen) atoms. The van der Waals surface area contributed by atoms with Crippen LogP contribution in [-0.4, -0.2) is 0 Å². The molecule has 1 aromatic rings. The van der Waals surface area contributed by atoms with E-state index in [4.69, 9.17) is 0 Å². The standard InChI is InChI=1S/C14H16/c1-4-6-9-13(5-2)14-10-7-8-12(3)11-14/h4-11H,2H2,1,3H3/b6-4-,13-9+. The zero-order valence-electron chi connectivity index (χ0n) is 8.83. The Balaban J connectivity index is 3.06. The van der Waals surface area contributed by atoms with Gasteiger partial charge in [-0.1, -0.05) is 60.7 Å². The first-order valence-corrected chi connectivity index (χ1v) is 4.80. The monoisotopic (exact) mass is 184 g/mol. The van der Waals surface area contributed by atoms with E-state index in [1.165, 1.54) is 11.1 Å². The number of hydrogen-bond donors (Lipinski definition) is 0. The molecule has 0 bridgehead atoms. The molecule has 0 fully saturated rings. The number of aryl methyl sites for hydroxylation is 1. The summed E-state index contributed by atoms with van der Waals surface area (Å²) in [6.45, 7) is 7.92. The van der Waals surface area contributed by atoms with Crippen LogP contribution in [0.1, 0.15) is 18.1 Å². The SMILES string of the molecule is C=C/C(=C\C=C/C)c1cccc(C)c1. The lowest BCUT2D eigenvalue weighted by Crippen LogP contribution is -1.81. The Labute approximate surface area is 86.3 Å². The second-order valence-electron chi connectivity index (χ2n) is 3.22. The number of rotatable bonds is 3. The maximum absolute atomic E-state index is 3.82. The van der Waals surface area contributed by atoms with Gasteiger partial charge in [-0.25, -0.2) is 0 Å². The van der Waals surface area contributed by atoms with Crippen molar-refractivity contribution in [3.8, 4) is 0 Å². The summed E-state index contributed by atoms with van der Waals surface area (Å²) in [7, 11) is 0. The summed E-state index contributed by atoms with van der Waals surface area (Å²) >= 11 is 0. The van der Waals surface area contributed by atoms with Gasteiger partial charge in [-0.2, -0.15) is 0 Å². The van der Waals surface area contributed by atoms with Gasteiger partial charge in [0, 0.05) is 0 Å². The van der Waals surface area contributed by atoms with Crippen LogP contribution in [0.25, 0.3) is 5.57 Å². The molecule has 0 spiro atoms. The summed E-state index contributed by atoms with van der Waals surface area (Å²) in [5.41, 5.74) is 3.65. The molecule has 1 aromatic carbocycles. The van der Waals surface area contributed by atoms with E-state index in [0.29, 0.717) is 0 Å². The van der Waals surface area contributed by atoms with Gasteiger partial charge in [-0.05, 0) is 25.0 Å². The van der Waals surface area contributed by atoms with E-state index in [1.807, 2.05) is 25.2 Å². The molecule has 0 radical (unpaired) electrons. The Kier molecular flexibility index (Phi) is 3.93. The van der Waals surface area contributed by atoms with Crippen molar-refractivity contribution >= 4 is 5.57 Å². The molecule has 0 saturated carbocycles. The number of benzene rings is 1. The summed E-state index contributed by atoms with van der Waals surface area (Å²) in [6, 6.07) is 8.43. The van der Waals surface area contributed by atoms with Crippen molar-refractivity contribution in [2.75, 3.05) is 0 Å². The minimum atomic E-state index is 1.16. The Morgan fingerprint density at radius 3 is 2.71 bits per heavy atom. The largest absolute Gasteiger partial charge is 0.0984 e. The van der Waals surface area contributed by atoms with Gasteiger partial charge in [0.15, 0.2) is 0 Å². The molecule has 0 amide bonds. The molecule has 0 aliphatic carbocycles. The van der Waals surface area contributed by atoms with E-state index in [-0.39, 0.29) is 0 Å². The fourth-order valence-corrected chi connectivity index (χ4v) is 1.31. The number of hydrogen-bond acceptors (Lipinski definition) is 0. The maximum Gasteiger partial charge on any atom is -0.0182 e. The smallest absolute Gasteiger partial charge is 0.0182 e. The molecule has 0 heterocycles. The minimum absolute atomic E-state index is 1.16. The van der Waals surface area contributed by atoms with Crippen molar-refractivity contribution in [3.05, 3.63) is 66.3 Å². The molecule has 72 valence electrons. The molecule has 0 saturated heterocycles. The topological polar surface area (TPSA) is 0 Å². The average molecular weight is 184 g/mol. The third-order valence-electron chi connectivity index (χ3n) is 2.04.